The van der Waals surface area contributed by atoms with Gasteiger partial charge in [-0.25, -0.2) is 0 Å². The number of nitrogens with one attached hydrogen (secondary N) is 1. The van der Waals surface area contributed by atoms with Crippen molar-refractivity contribution in [2.24, 2.45) is 5.73 Å². The lowest BCUT2D eigenvalue weighted by Gasteiger charge is -2.31. The Morgan fingerprint density at radius 3 is 2.91 bits per heavy atom. The molecule has 0 aromatic heterocycles. The SMILES string of the molecule is Cl.NCC1CN(CC(=O)Nc2ccccc2[N+](=O)[O-])CCO1. The number of nitrogens with zero attached hydrogens (tertiary/aromatic N) is 2. The molecule has 0 bridgehead atoms. The number of halogens is 1. The molecule has 122 valence electrons. The fraction of sp³-hybridized carbons (Fsp3) is 0.462. The molecule has 0 radical (unpaired) electrons. The molecule has 1 saturated heterocycles. The Kier molecular flexibility index (Phi) is 7.19. The van der Waals surface area contributed by atoms with Crippen LogP contribution in [0.25, 0.3) is 0 Å². The van der Waals surface area contributed by atoms with Crippen LogP contribution in [0.4, 0.5) is 11.4 Å². The van der Waals surface area contributed by atoms with Crippen molar-refractivity contribution in [3.63, 3.8) is 0 Å². The number of hydrogen-bond donors (Lipinski definition) is 2. The van der Waals surface area contributed by atoms with E-state index in [9.17, 15) is 14.9 Å². The second-order valence-electron chi connectivity index (χ2n) is 4.79. The number of hydrogen-bond acceptors (Lipinski definition) is 6. The fourth-order valence-corrected chi connectivity index (χ4v) is 2.20. The van der Waals surface area contributed by atoms with Gasteiger partial charge in [-0.1, -0.05) is 12.1 Å². The van der Waals surface area contributed by atoms with Gasteiger partial charge in [0.25, 0.3) is 5.69 Å². The fourth-order valence-electron chi connectivity index (χ4n) is 2.20. The first-order chi connectivity index (χ1) is 10.1. The molecular weight excluding hydrogens is 312 g/mol. The van der Waals surface area contributed by atoms with Gasteiger partial charge in [-0.2, -0.15) is 0 Å². The van der Waals surface area contributed by atoms with E-state index in [1.807, 2.05) is 4.90 Å². The maximum Gasteiger partial charge on any atom is 0.292 e. The molecule has 8 nitrogen and oxygen atoms in total. The summed E-state index contributed by atoms with van der Waals surface area (Å²) < 4.78 is 5.42. The normalized spacial score (nSPS) is 18.3. The summed E-state index contributed by atoms with van der Waals surface area (Å²) in [5.74, 6) is -0.290. The van der Waals surface area contributed by atoms with Crippen molar-refractivity contribution >= 4 is 29.7 Å². The molecule has 1 aliphatic rings. The maximum absolute atomic E-state index is 12.0. The number of carbonyl (C=O) groups is 1. The average molecular weight is 331 g/mol. The second-order valence-corrected chi connectivity index (χ2v) is 4.79. The van der Waals surface area contributed by atoms with Crippen LogP contribution in [0, 0.1) is 10.1 Å². The summed E-state index contributed by atoms with van der Waals surface area (Å²) in [6, 6.07) is 6.07. The first-order valence-corrected chi connectivity index (χ1v) is 6.67. The first kappa shape index (κ1) is 18.3. The molecule has 1 aromatic carbocycles. The van der Waals surface area contributed by atoms with Gasteiger partial charge in [0.15, 0.2) is 0 Å². The smallest absolute Gasteiger partial charge is 0.292 e. The predicted molar refractivity (Wildman–Crippen MR) is 84.2 cm³/mol. The summed E-state index contributed by atoms with van der Waals surface area (Å²) in [5.41, 5.74) is 5.63. The van der Waals surface area contributed by atoms with E-state index < -0.39 is 4.92 Å². The highest BCUT2D eigenvalue weighted by molar-refractivity contribution is 5.94. The third-order valence-corrected chi connectivity index (χ3v) is 3.23. The lowest BCUT2D eigenvalue weighted by atomic mass is 10.2. The molecule has 1 aromatic rings. The summed E-state index contributed by atoms with van der Waals surface area (Å²) in [6.45, 7) is 2.32. The largest absolute Gasteiger partial charge is 0.374 e. The second kappa shape index (κ2) is 8.64. The summed E-state index contributed by atoms with van der Waals surface area (Å²) in [6.07, 6.45) is -0.0717. The Morgan fingerprint density at radius 1 is 1.50 bits per heavy atom. The Hall–Kier alpha value is -1.74. The van der Waals surface area contributed by atoms with Gasteiger partial charge in [-0.3, -0.25) is 19.8 Å². The van der Waals surface area contributed by atoms with Crippen molar-refractivity contribution in [1.82, 2.24) is 4.90 Å². The topological polar surface area (TPSA) is 111 Å². The minimum atomic E-state index is -0.519. The zero-order chi connectivity index (χ0) is 15.2. The monoisotopic (exact) mass is 330 g/mol. The van der Waals surface area contributed by atoms with Gasteiger partial charge in [0.2, 0.25) is 5.91 Å². The van der Waals surface area contributed by atoms with Gasteiger partial charge < -0.3 is 15.8 Å². The Balaban J connectivity index is 0.00000242. The van der Waals surface area contributed by atoms with Crippen molar-refractivity contribution in [1.29, 1.82) is 0 Å². The molecule has 0 spiro atoms. The van der Waals surface area contributed by atoms with Crippen molar-refractivity contribution < 1.29 is 14.5 Å². The molecule has 0 saturated carbocycles. The van der Waals surface area contributed by atoms with Gasteiger partial charge >= 0.3 is 0 Å². The zero-order valence-corrected chi connectivity index (χ0v) is 12.8. The molecule has 1 heterocycles. The molecule has 2 rings (SSSR count). The van der Waals surface area contributed by atoms with Crippen LogP contribution in [-0.2, 0) is 9.53 Å². The van der Waals surface area contributed by atoms with E-state index in [2.05, 4.69) is 5.32 Å². The van der Waals surface area contributed by atoms with E-state index in [0.29, 0.717) is 26.2 Å². The third-order valence-electron chi connectivity index (χ3n) is 3.23. The number of nitrogens with two attached hydrogens (primary N) is 1. The van der Waals surface area contributed by atoms with E-state index >= 15 is 0 Å². The number of nitro benzene ring substituents is 1. The molecule has 1 amide bonds. The highest BCUT2D eigenvalue weighted by atomic mass is 35.5. The third kappa shape index (κ3) is 4.92. The summed E-state index contributed by atoms with van der Waals surface area (Å²) in [4.78, 5) is 24.3. The number of nitro groups is 1. The molecule has 0 aliphatic carbocycles. The molecule has 9 heteroatoms. The summed E-state index contributed by atoms with van der Waals surface area (Å²) in [7, 11) is 0. The number of rotatable bonds is 5. The highest BCUT2D eigenvalue weighted by Crippen LogP contribution is 2.23. The Bertz CT molecular complexity index is 529. The van der Waals surface area contributed by atoms with Crippen LogP contribution in [0.3, 0.4) is 0 Å². The predicted octanol–water partition coefficient (Wildman–Crippen LogP) is 0.615. The van der Waals surface area contributed by atoms with Gasteiger partial charge in [0.1, 0.15) is 5.69 Å². The van der Waals surface area contributed by atoms with E-state index in [0.717, 1.165) is 0 Å². The molecule has 1 aliphatic heterocycles. The van der Waals surface area contributed by atoms with Crippen LogP contribution in [0.2, 0.25) is 0 Å². The molecular formula is C13H19ClN4O4. The van der Waals surface area contributed by atoms with Gasteiger partial charge in [-0.15, -0.1) is 12.4 Å². The van der Waals surface area contributed by atoms with Gasteiger partial charge in [0.05, 0.1) is 24.2 Å². The number of amides is 1. The zero-order valence-electron chi connectivity index (χ0n) is 11.9. The standard InChI is InChI=1S/C13H18N4O4.ClH/c14-7-10-8-16(5-6-21-10)9-13(18)15-11-3-1-2-4-12(11)17(19)20;/h1-4,10H,5-9,14H2,(H,15,18);1H. The van der Waals surface area contributed by atoms with Crippen molar-refractivity contribution in [2.45, 2.75) is 6.10 Å². The quantitative estimate of drug-likeness (QED) is 0.604. The number of anilines is 1. The summed E-state index contributed by atoms with van der Waals surface area (Å²) >= 11 is 0. The van der Waals surface area contributed by atoms with Crippen molar-refractivity contribution in [2.75, 3.05) is 38.1 Å². The van der Waals surface area contributed by atoms with Crippen molar-refractivity contribution in [3.8, 4) is 0 Å². The van der Waals surface area contributed by atoms with Crippen LogP contribution >= 0.6 is 12.4 Å². The lowest BCUT2D eigenvalue weighted by molar-refractivity contribution is -0.383. The van der Waals surface area contributed by atoms with Crippen molar-refractivity contribution in [3.05, 3.63) is 34.4 Å². The number of para-hydroxylation sites is 2. The minimum Gasteiger partial charge on any atom is -0.374 e. The average Bonchev–Trinajstić information content (AvgIpc) is 2.47. The van der Waals surface area contributed by atoms with Crippen LogP contribution in [-0.4, -0.2) is 54.6 Å². The Morgan fingerprint density at radius 2 is 2.23 bits per heavy atom. The van der Waals surface area contributed by atoms with E-state index in [1.54, 1.807) is 12.1 Å². The number of ether oxygens (including phenoxy) is 1. The summed E-state index contributed by atoms with van der Waals surface area (Å²) in [5, 5.41) is 13.5. The molecule has 1 atom stereocenters. The number of benzene rings is 1. The van der Waals surface area contributed by atoms with Crippen LogP contribution in [0.5, 0.6) is 0 Å². The van der Waals surface area contributed by atoms with Crippen LogP contribution < -0.4 is 11.1 Å². The minimum absolute atomic E-state index is 0. The van der Waals surface area contributed by atoms with E-state index in [-0.39, 0.29) is 42.3 Å². The van der Waals surface area contributed by atoms with Crippen LogP contribution in [0.15, 0.2) is 24.3 Å². The molecule has 1 unspecified atom stereocenters. The van der Waals surface area contributed by atoms with Gasteiger partial charge in [0, 0.05) is 25.7 Å². The molecule has 22 heavy (non-hydrogen) atoms. The highest BCUT2D eigenvalue weighted by Gasteiger charge is 2.22. The van der Waals surface area contributed by atoms with E-state index in [4.69, 9.17) is 10.5 Å². The van der Waals surface area contributed by atoms with E-state index in [1.165, 1.54) is 12.1 Å². The first-order valence-electron chi connectivity index (χ1n) is 6.67. The number of carbonyl (C=O) groups excluding carboxylic acids is 1. The molecule has 1 fully saturated rings. The number of morpholine rings is 1. The van der Waals surface area contributed by atoms with Crippen LogP contribution in [0.1, 0.15) is 0 Å². The maximum atomic E-state index is 12.0. The molecule has 3 N–H and O–H groups in total. The Labute approximate surface area is 134 Å². The van der Waals surface area contributed by atoms with Gasteiger partial charge in [-0.05, 0) is 6.07 Å². The lowest BCUT2D eigenvalue weighted by Crippen LogP contribution is -2.48.